The first kappa shape index (κ1) is 14.4. The quantitative estimate of drug-likeness (QED) is 0.884. The molecular weight excluding hydrogens is 236 g/mol. The molecule has 2 atom stereocenters. The minimum Gasteiger partial charge on any atom is -0.389 e. The molecule has 0 spiro atoms. The Morgan fingerprint density at radius 1 is 1.37 bits per heavy atom. The maximum Gasteiger partial charge on any atom is 0.0761 e. The monoisotopic (exact) mass is 262 g/mol. The highest BCUT2D eigenvalue weighted by Crippen LogP contribution is 2.22. The number of likely N-dealkylation sites (N-methyl/N-ethyl adjacent to an activating group) is 2. The van der Waals surface area contributed by atoms with E-state index in [2.05, 4.69) is 35.9 Å². The molecule has 1 aliphatic heterocycles. The second-order valence-corrected chi connectivity index (χ2v) is 5.57. The highest BCUT2D eigenvalue weighted by molar-refractivity contribution is 5.47. The van der Waals surface area contributed by atoms with E-state index in [0.717, 1.165) is 18.7 Å². The van der Waals surface area contributed by atoms with Crippen LogP contribution in [0.1, 0.15) is 38.4 Å². The number of benzene rings is 1. The highest BCUT2D eigenvalue weighted by Gasteiger charge is 2.24. The van der Waals surface area contributed by atoms with Crippen LogP contribution in [0.5, 0.6) is 0 Å². The van der Waals surface area contributed by atoms with Crippen molar-refractivity contribution in [1.29, 1.82) is 0 Å². The number of likely N-dealkylation sites (tertiary alicyclic amines) is 1. The van der Waals surface area contributed by atoms with Crippen molar-refractivity contribution < 1.29 is 5.11 Å². The van der Waals surface area contributed by atoms with Crippen molar-refractivity contribution >= 4 is 5.69 Å². The van der Waals surface area contributed by atoms with E-state index in [-0.39, 0.29) is 6.10 Å². The molecule has 0 radical (unpaired) electrons. The van der Waals surface area contributed by atoms with Gasteiger partial charge in [0.25, 0.3) is 0 Å². The molecule has 1 aliphatic rings. The molecule has 1 aromatic rings. The van der Waals surface area contributed by atoms with Crippen LogP contribution in [0.4, 0.5) is 5.69 Å². The van der Waals surface area contributed by atoms with Crippen molar-refractivity contribution in [1.82, 2.24) is 4.90 Å². The molecule has 0 aliphatic carbocycles. The van der Waals surface area contributed by atoms with Crippen molar-refractivity contribution in [3.63, 3.8) is 0 Å². The Morgan fingerprint density at radius 3 is 2.63 bits per heavy atom. The first-order valence-corrected chi connectivity index (χ1v) is 7.35. The van der Waals surface area contributed by atoms with Gasteiger partial charge in [0.1, 0.15) is 0 Å². The topological polar surface area (TPSA) is 26.7 Å². The maximum atomic E-state index is 9.53. The van der Waals surface area contributed by atoms with Crippen LogP contribution in [0.2, 0.25) is 0 Å². The number of rotatable bonds is 5. The number of nitrogens with zero attached hydrogens (tertiary/aromatic N) is 2. The van der Waals surface area contributed by atoms with Crippen LogP contribution in [-0.4, -0.2) is 42.7 Å². The summed E-state index contributed by atoms with van der Waals surface area (Å²) in [5.41, 5.74) is 2.21. The Hall–Kier alpha value is -1.06. The average Bonchev–Trinajstić information content (AvgIpc) is 2.86. The van der Waals surface area contributed by atoms with Crippen LogP contribution in [0.3, 0.4) is 0 Å². The van der Waals surface area contributed by atoms with Gasteiger partial charge in [0.05, 0.1) is 6.10 Å². The third-order valence-corrected chi connectivity index (χ3v) is 4.21. The normalized spacial score (nSPS) is 21.6. The summed E-state index contributed by atoms with van der Waals surface area (Å²) in [7, 11) is 2.16. The minimum absolute atomic E-state index is 0.384. The van der Waals surface area contributed by atoms with Crippen LogP contribution < -0.4 is 4.90 Å². The molecule has 0 saturated carbocycles. The van der Waals surface area contributed by atoms with Gasteiger partial charge in [0, 0.05) is 25.3 Å². The molecule has 2 unspecified atom stereocenters. The summed E-state index contributed by atoms with van der Waals surface area (Å²) in [6.45, 7) is 7.53. The minimum atomic E-state index is -0.384. The number of aliphatic hydroxyl groups is 1. The van der Waals surface area contributed by atoms with E-state index >= 15 is 0 Å². The largest absolute Gasteiger partial charge is 0.389 e. The molecule has 0 aromatic heterocycles. The highest BCUT2D eigenvalue weighted by atomic mass is 16.3. The number of hydrogen-bond acceptors (Lipinski definition) is 3. The first-order valence-electron chi connectivity index (χ1n) is 7.35. The second-order valence-electron chi connectivity index (χ2n) is 5.57. The van der Waals surface area contributed by atoms with Crippen molar-refractivity contribution in [3.8, 4) is 0 Å². The molecule has 1 aromatic carbocycles. The Morgan fingerprint density at radius 2 is 2.05 bits per heavy atom. The molecule has 1 saturated heterocycles. The SMILES string of the molecule is CCN1CCCC1CN(C)c1ccc(C(C)O)cc1. The third kappa shape index (κ3) is 3.48. The van der Waals surface area contributed by atoms with Gasteiger partial charge < -0.3 is 10.0 Å². The fourth-order valence-electron chi connectivity index (χ4n) is 2.95. The average molecular weight is 262 g/mol. The lowest BCUT2D eigenvalue weighted by atomic mass is 10.1. The Bertz CT molecular complexity index is 388. The molecule has 3 heteroatoms. The zero-order valence-electron chi connectivity index (χ0n) is 12.3. The van der Waals surface area contributed by atoms with Gasteiger partial charge in [-0.3, -0.25) is 4.90 Å². The summed E-state index contributed by atoms with van der Waals surface area (Å²) in [6, 6.07) is 8.93. The van der Waals surface area contributed by atoms with E-state index in [1.807, 2.05) is 12.1 Å². The van der Waals surface area contributed by atoms with Gasteiger partial charge in [-0.05, 0) is 50.6 Å². The van der Waals surface area contributed by atoms with Gasteiger partial charge in [-0.25, -0.2) is 0 Å². The van der Waals surface area contributed by atoms with Crippen LogP contribution in [0, 0.1) is 0 Å². The Balaban J connectivity index is 1.97. The van der Waals surface area contributed by atoms with E-state index < -0.39 is 0 Å². The molecule has 1 N–H and O–H groups in total. The molecule has 1 fully saturated rings. The Kier molecular flexibility index (Phi) is 4.83. The summed E-state index contributed by atoms with van der Waals surface area (Å²) in [4.78, 5) is 4.89. The molecule has 2 rings (SSSR count). The lowest BCUT2D eigenvalue weighted by Gasteiger charge is -2.29. The summed E-state index contributed by atoms with van der Waals surface area (Å²) < 4.78 is 0. The summed E-state index contributed by atoms with van der Waals surface area (Å²) in [5.74, 6) is 0. The van der Waals surface area contributed by atoms with Crippen molar-refractivity contribution in [3.05, 3.63) is 29.8 Å². The standard InChI is InChI=1S/C16H26N2O/c1-4-18-11-5-6-16(18)12-17(3)15-9-7-14(8-10-15)13(2)19/h7-10,13,16,19H,4-6,11-12H2,1-3H3. The van der Waals surface area contributed by atoms with Gasteiger partial charge in [-0.15, -0.1) is 0 Å². The number of aliphatic hydroxyl groups excluding tert-OH is 1. The van der Waals surface area contributed by atoms with E-state index in [9.17, 15) is 5.11 Å². The fraction of sp³-hybridized carbons (Fsp3) is 0.625. The summed E-state index contributed by atoms with van der Waals surface area (Å²) in [5, 5.41) is 9.53. The third-order valence-electron chi connectivity index (χ3n) is 4.21. The molecule has 106 valence electrons. The van der Waals surface area contributed by atoms with Crippen LogP contribution in [0.15, 0.2) is 24.3 Å². The lowest BCUT2D eigenvalue weighted by Crippen LogP contribution is -2.38. The van der Waals surface area contributed by atoms with Gasteiger partial charge in [-0.1, -0.05) is 19.1 Å². The Labute approximate surface area is 116 Å². The molecule has 1 heterocycles. The summed E-state index contributed by atoms with van der Waals surface area (Å²) >= 11 is 0. The predicted molar refractivity (Wildman–Crippen MR) is 80.6 cm³/mol. The van der Waals surface area contributed by atoms with Gasteiger partial charge >= 0.3 is 0 Å². The fourth-order valence-corrected chi connectivity index (χ4v) is 2.95. The van der Waals surface area contributed by atoms with Crippen molar-refractivity contribution in [2.24, 2.45) is 0 Å². The van der Waals surface area contributed by atoms with Crippen LogP contribution in [0.25, 0.3) is 0 Å². The van der Waals surface area contributed by atoms with Crippen molar-refractivity contribution in [2.45, 2.75) is 38.8 Å². The van der Waals surface area contributed by atoms with E-state index in [4.69, 9.17) is 0 Å². The number of hydrogen-bond donors (Lipinski definition) is 1. The second kappa shape index (κ2) is 6.40. The summed E-state index contributed by atoms with van der Waals surface area (Å²) in [6.07, 6.45) is 2.25. The van der Waals surface area contributed by atoms with Gasteiger partial charge in [0.2, 0.25) is 0 Å². The molecule has 0 amide bonds. The van der Waals surface area contributed by atoms with Gasteiger partial charge in [0.15, 0.2) is 0 Å². The zero-order chi connectivity index (χ0) is 13.8. The van der Waals surface area contributed by atoms with E-state index in [1.165, 1.54) is 25.1 Å². The lowest BCUT2D eigenvalue weighted by molar-refractivity contribution is 0.199. The van der Waals surface area contributed by atoms with E-state index in [0.29, 0.717) is 6.04 Å². The molecule has 0 bridgehead atoms. The molecule has 3 nitrogen and oxygen atoms in total. The number of anilines is 1. The molecule has 19 heavy (non-hydrogen) atoms. The van der Waals surface area contributed by atoms with Crippen LogP contribution in [-0.2, 0) is 0 Å². The van der Waals surface area contributed by atoms with Crippen molar-refractivity contribution in [2.75, 3.05) is 31.6 Å². The zero-order valence-corrected chi connectivity index (χ0v) is 12.3. The van der Waals surface area contributed by atoms with E-state index in [1.54, 1.807) is 6.92 Å². The van der Waals surface area contributed by atoms with Gasteiger partial charge in [-0.2, -0.15) is 0 Å². The smallest absolute Gasteiger partial charge is 0.0761 e. The first-order chi connectivity index (χ1) is 9.11. The predicted octanol–water partition coefficient (Wildman–Crippen LogP) is 2.66. The van der Waals surface area contributed by atoms with Crippen LogP contribution >= 0.6 is 0 Å². The maximum absolute atomic E-state index is 9.53. The molecular formula is C16H26N2O.